The van der Waals surface area contributed by atoms with Gasteiger partial charge in [-0.3, -0.25) is 0 Å². The third-order valence-electron chi connectivity index (χ3n) is 2.70. The van der Waals surface area contributed by atoms with Crippen molar-refractivity contribution in [3.63, 3.8) is 0 Å². The zero-order valence-corrected chi connectivity index (χ0v) is 13.8. The summed E-state index contributed by atoms with van der Waals surface area (Å²) in [6.07, 6.45) is 3.33. The first-order valence-electron chi connectivity index (χ1n) is 6.16. The number of aryl methyl sites for hydroxylation is 1. The molecule has 1 N–H and O–H groups in total. The van der Waals surface area contributed by atoms with Gasteiger partial charge in [-0.2, -0.15) is 0 Å². The maximum atomic E-state index is 12.0. The number of alkyl halides is 1. The van der Waals surface area contributed by atoms with E-state index >= 15 is 0 Å². The van der Waals surface area contributed by atoms with Crippen molar-refractivity contribution in [3.05, 3.63) is 29.8 Å². The lowest BCUT2D eigenvalue weighted by Gasteiger charge is -2.11. The zero-order valence-electron chi connectivity index (χ0n) is 10.8. The average molecular weight is 381 g/mol. The third-order valence-corrected chi connectivity index (χ3v) is 5.20. The van der Waals surface area contributed by atoms with Crippen LogP contribution in [0.2, 0.25) is 0 Å². The number of nitrogens with one attached hydrogen (secondary N) is 1. The summed E-state index contributed by atoms with van der Waals surface area (Å²) in [5, 5.41) is 0. The van der Waals surface area contributed by atoms with E-state index in [0.717, 1.165) is 24.8 Å². The van der Waals surface area contributed by atoms with Gasteiger partial charge in [-0.05, 0) is 25.5 Å². The Balaban J connectivity index is 2.57. The minimum atomic E-state index is -3.35. The fraction of sp³-hybridized carbons (Fsp3) is 0.538. The van der Waals surface area contributed by atoms with Crippen molar-refractivity contribution in [2.75, 3.05) is 6.54 Å². The first kappa shape index (κ1) is 15.9. The molecule has 18 heavy (non-hydrogen) atoms. The van der Waals surface area contributed by atoms with Gasteiger partial charge in [0.25, 0.3) is 0 Å². The van der Waals surface area contributed by atoms with Crippen LogP contribution in [0, 0.1) is 6.92 Å². The Labute approximate surface area is 124 Å². The molecular weight excluding hydrogens is 361 g/mol. The van der Waals surface area contributed by atoms with Crippen LogP contribution in [0.4, 0.5) is 0 Å². The van der Waals surface area contributed by atoms with Gasteiger partial charge in [-0.1, -0.05) is 60.1 Å². The zero-order chi connectivity index (χ0) is 13.6. The molecule has 0 aromatic heterocycles. The summed E-state index contributed by atoms with van der Waals surface area (Å²) in [7, 11) is -3.35. The van der Waals surface area contributed by atoms with Crippen molar-refractivity contribution in [1.82, 2.24) is 4.72 Å². The molecule has 5 heteroatoms. The van der Waals surface area contributed by atoms with E-state index in [9.17, 15) is 8.42 Å². The Morgan fingerprint density at radius 3 is 2.44 bits per heavy atom. The number of hydrogen-bond acceptors (Lipinski definition) is 2. The molecule has 1 aromatic carbocycles. The summed E-state index contributed by atoms with van der Waals surface area (Å²) in [6.45, 7) is 4.58. The maximum absolute atomic E-state index is 12.0. The Morgan fingerprint density at radius 2 is 1.89 bits per heavy atom. The number of unbranched alkanes of at least 4 members (excludes halogenated alkanes) is 1. The van der Waals surface area contributed by atoms with Gasteiger partial charge < -0.3 is 0 Å². The fourth-order valence-corrected chi connectivity index (χ4v) is 3.57. The molecule has 102 valence electrons. The van der Waals surface area contributed by atoms with Crippen molar-refractivity contribution in [2.45, 2.75) is 41.9 Å². The Kier molecular flexibility index (Phi) is 6.59. The van der Waals surface area contributed by atoms with Gasteiger partial charge in [0.1, 0.15) is 0 Å². The number of halogens is 1. The van der Waals surface area contributed by atoms with Crippen LogP contribution in [0.3, 0.4) is 0 Å². The van der Waals surface area contributed by atoms with E-state index in [1.807, 2.05) is 19.1 Å². The van der Waals surface area contributed by atoms with E-state index in [4.69, 9.17) is 0 Å². The Bertz CT molecular complexity index is 456. The van der Waals surface area contributed by atoms with Gasteiger partial charge in [0.05, 0.1) is 4.90 Å². The minimum absolute atomic E-state index is 0.340. The molecule has 0 aliphatic carbocycles. The second-order valence-corrected chi connectivity index (χ2v) is 7.93. The lowest BCUT2D eigenvalue weighted by Crippen LogP contribution is -2.29. The van der Waals surface area contributed by atoms with Crippen LogP contribution in [-0.4, -0.2) is 18.9 Å². The minimum Gasteiger partial charge on any atom is -0.210 e. The van der Waals surface area contributed by atoms with Crippen molar-refractivity contribution in [3.8, 4) is 0 Å². The second kappa shape index (κ2) is 7.45. The van der Waals surface area contributed by atoms with Crippen LogP contribution < -0.4 is 4.72 Å². The number of benzene rings is 1. The quantitative estimate of drug-likeness (QED) is 0.582. The van der Waals surface area contributed by atoms with Crippen molar-refractivity contribution in [2.24, 2.45) is 0 Å². The average Bonchev–Trinajstić information content (AvgIpc) is 2.34. The van der Waals surface area contributed by atoms with Gasteiger partial charge in [-0.15, -0.1) is 0 Å². The molecule has 0 saturated carbocycles. The third kappa shape index (κ3) is 5.24. The van der Waals surface area contributed by atoms with Crippen molar-refractivity contribution in [1.29, 1.82) is 0 Å². The predicted octanol–water partition coefficient (Wildman–Crippen LogP) is 3.27. The molecule has 0 radical (unpaired) electrons. The molecular formula is C13H20INO2S. The molecule has 0 saturated heterocycles. The van der Waals surface area contributed by atoms with E-state index < -0.39 is 10.0 Å². The van der Waals surface area contributed by atoms with E-state index in [-0.39, 0.29) is 0 Å². The summed E-state index contributed by atoms with van der Waals surface area (Å²) >= 11 is 2.30. The first-order chi connectivity index (χ1) is 8.45. The molecule has 0 aliphatic heterocycles. The molecule has 1 unspecified atom stereocenters. The normalized spacial score (nSPS) is 13.5. The summed E-state index contributed by atoms with van der Waals surface area (Å²) < 4.78 is 27.0. The van der Waals surface area contributed by atoms with E-state index in [2.05, 4.69) is 34.2 Å². The summed E-state index contributed by atoms with van der Waals surface area (Å²) in [4.78, 5) is 0.340. The molecule has 0 amide bonds. The smallest absolute Gasteiger partial charge is 0.210 e. The Hall–Kier alpha value is -0.140. The highest BCUT2D eigenvalue weighted by Gasteiger charge is 2.15. The topological polar surface area (TPSA) is 46.2 Å². The number of hydrogen-bond donors (Lipinski definition) is 1. The lowest BCUT2D eigenvalue weighted by atomic mass is 10.2. The molecule has 3 nitrogen and oxygen atoms in total. The van der Waals surface area contributed by atoms with Gasteiger partial charge in [-0.25, -0.2) is 13.1 Å². The van der Waals surface area contributed by atoms with Crippen LogP contribution >= 0.6 is 22.6 Å². The highest BCUT2D eigenvalue weighted by atomic mass is 127. The van der Waals surface area contributed by atoms with Gasteiger partial charge in [0, 0.05) is 10.5 Å². The van der Waals surface area contributed by atoms with E-state index in [0.29, 0.717) is 15.4 Å². The van der Waals surface area contributed by atoms with E-state index in [1.54, 1.807) is 12.1 Å². The number of rotatable bonds is 7. The van der Waals surface area contributed by atoms with Gasteiger partial charge in [0.2, 0.25) is 10.0 Å². The predicted molar refractivity (Wildman–Crippen MR) is 83.7 cm³/mol. The SMILES string of the molecule is CCCCC(I)CNS(=O)(=O)c1ccc(C)cc1. The molecule has 0 bridgehead atoms. The van der Waals surface area contributed by atoms with Crippen LogP contribution in [0.15, 0.2) is 29.2 Å². The van der Waals surface area contributed by atoms with Crippen LogP contribution in [0.1, 0.15) is 31.7 Å². The highest BCUT2D eigenvalue weighted by Crippen LogP contribution is 2.13. The second-order valence-electron chi connectivity index (χ2n) is 4.40. The maximum Gasteiger partial charge on any atom is 0.240 e. The van der Waals surface area contributed by atoms with Crippen LogP contribution in [0.25, 0.3) is 0 Å². The molecule has 1 rings (SSSR count). The van der Waals surface area contributed by atoms with Crippen LogP contribution in [0.5, 0.6) is 0 Å². The fourth-order valence-electron chi connectivity index (χ4n) is 1.53. The first-order valence-corrected chi connectivity index (χ1v) is 8.89. The van der Waals surface area contributed by atoms with Gasteiger partial charge >= 0.3 is 0 Å². The monoisotopic (exact) mass is 381 g/mol. The molecule has 1 aromatic rings. The molecule has 0 spiro atoms. The van der Waals surface area contributed by atoms with Gasteiger partial charge in [0.15, 0.2) is 0 Å². The Morgan fingerprint density at radius 1 is 1.28 bits per heavy atom. The highest BCUT2D eigenvalue weighted by molar-refractivity contribution is 14.1. The summed E-state index contributed by atoms with van der Waals surface area (Å²) in [6, 6.07) is 6.91. The largest absolute Gasteiger partial charge is 0.240 e. The molecule has 0 fully saturated rings. The van der Waals surface area contributed by atoms with Crippen LogP contribution in [-0.2, 0) is 10.0 Å². The summed E-state index contributed by atoms with van der Waals surface area (Å²) in [5.74, 6) is 0. The molecule has 0 heterocycles. The van der Waals surface area contributed by atoms with Crippen molar-refractivity contribution >= 4 is 32.6 Å². The summed E-state index contributed by atoms with van der Waals surface area (Å²) in [5.41, 5.74) is 1.06. The van der Waals surface area contributed by atoms with E-state index in [1.165, 1.54) is 0 Å². The molecule has 0 aliphatic rings. The number of sulfonamides is 1. The molecule has 1 atom stereocenters. The lowest BCUT2D eigenvalue weighted by molar-refractivity contribution is 0.577. The standard InChI is InChI=1S/C13H20INO2S/c1-3-4-5-12(14)10-15-18(16,17)13-8-6-11(2)7-9-13/h6-9,12,15H,3-5,10H2,1-2H3. The van der Waals surface area contributed by atoms with Crippen molar-refractivity contribution < 1.29 is 8.42 Å².